The second-order valence-corrected chi connectivity index (χ2v) is 7.86. The molecule has 158 valence electrons. The van der Waals surface area contributed by atoms with Gasteiger partial charge in [0.05, 0.1) is 5.39 Å². The minimum atomic E-state index is -0.460. The molecule has 0 radical (unpaired) electrons. The van der Waals surface area contributed by atoms with Gasteiger partial charge in [-0.2, -0.15) is 5.10 Å². The Morgan fingerprint density at radius 1 is 1.10 bits per heavy atom. The number of nitrogens with zero attached hydrogens (tertiary/aromatic N) is 3. The zero-order valence-corrected chi connectivity index (χ0v) is 17.8. The summed E-state index contributed by atoms with van der Waals surface area (Å²) < 4.78 is 6.67. The van der Waals surface area contributed by atoms with Gasteiger partial charge in [-0.15, -0.1) is 0 Å². The van der Waals surface area contributed by atoms with E-state index >= 15 is 0 Å². The van der Waals surface area contributed by atoms with Crippen molar-refractivity contribution < 1.29 is 9.32 Å². The van der Waals surface area contributed by atoms with Gasteiger partial charge in [-0.1, -0.05) is 68.4 Å². The fourth-order valence-electron chi connectivity index (χ4n) is 3.42. The third-order valence-electron chi connectivity index (χ3n) is 5.03. The van der Waals surface area contributed by atoms with Crippen molar-refractivity contribution in [2.45, 2.75) is 33.7 Å². The predicted molar refractivity (Wildman–Crippen MR) is 120 cm³/mol. The van der Waals surface area contributed by atoms with E-state index in [-0.39, 0.29) is 23.1 Å². The molecule has 0 aliphatic rings. The van der Waals surface area contributed by atoms with Crippen molar-refractivity contribution in [3.05, 3.63) is 76.2 Å². The lowest BCUT2D eigenvalue weighted by Gasteiger charge is -2.12. The largest absolute Gasteiger partial charge is 0.338 e. The van der Waals surface area contributed by atoms with E-state index in [0.29, 0.717) is 23.0 Å². The molecular formula is C24H24N4O3. The number of carbonyl (C=O) groups excluding carboxylic acids is 1. The topological polar surface area (TPSA) is 90.0 Å². The van der Waals surface area contributed by atoms with Gasteiger partial charge in [-0.3, -0.25) is 14.9 Å². The highest BCUT2D eigenvalue weighted by atomic mass is 16.5. The SMILES string of the molecule is CCc1ccc(-c2cc(NC(=O)c3nn(CC(C)C)c(=O)c4ccccc34)on2)cc1. The number of hydrogen-bond donors (Lipinski definition) is 1. The van der Waals surface area contributed by atoms with Gasteiger partial charge in [0.15, 0.2) is 5.69 Å². The van der Waals surface area contributed by atoms with Crippen LogP contribution in [0.5, 0.6) is 0 Å². The summed E-state index contributed by atoms with van der Waals surface area (Å²) in [6, 6.07) is 16.7. The van der Waals surface area contributed by atoms with Crippen LogP contribution in [0.15, 0.2) is 63.9 Å². The van der Waals surface area contributed by atoms with Crippen molar-refractivity contribution >= 4 is 22.6 Å². The molecule has 4 rings (SSSR count). The number of rotatable bonds is 6. The van der Waals surface area contributed by atoms with Crippen molar-refractivity contribution in [3.8, 4) is 11.3 Å². The molecule has 2 aromatic carbocycles. The van der Waals surface area contributed by atoms with Crippen molar-refractivity contribution in [3.63, 3.8) is 0 Å². The number of aryl methyl sites for hydroxylation is 1. The number of carbonyl (C=O) groups is 1. The second-order valence-electron chi connectivity index (χ2n) is 7.86. The first-order valence-corrected chi connectivity index (χ1v) is 10.3. The lowest BCUT2D eigenvalue weighted by atomic mass is 10.1. The van der Waals surface area contributed by atoms with Gasteiger partial charge in [0.1, 0.15) is 5.69 Å². The van der Waals surface area contributed by atoms with Crippen LogP contribution in [0.3, 0.4) is 0 Å². The monoisotopic (exact) mass is 416 g/mol. The molecule has 1 N–H and O–H groups in total. The van der Waals surface area contributed by atoms with E-state index in [9.17, 15) is 9.59 Å². The number of aromatic nitrogens is 3. The Bertz CT molecular complexity index is 1290. The van der Waals surface area contributed by atoms with Gasteiger partial charge in [0.2, 0.25) is 5.88 Å². The molecule has 0 fully saturated rings. The molecule has 31 heavy (non-hydrogen) atoms. The Hall–Kier alpha value is -3.74. The quantitative estimate of drug-likeness (QED) is 0.499. The Morgan fingerprint density at radius 2 is 1.81 bits per heavy atom. The Kier molecular flexibility index (Phi) is 5.66. The van der Waals surface area contributed by atoms with E-state index in [2.05, 4.69) is 22.5 Å². The van der Waals surface area contributed by atoms with Crippen LogP contribution >= 0.6 is 0 Å². The third-order valence-corrected chi connectivity index (χ3v) is 5.03. The number of fused-ring (bicyclic) bond motifs is 1. The zero-order chi connectivity index (χ0) is 22.0. The van der Waals surface area contributed by atoms with Gasteiger partial charge in [0.25, 0.3) is 11.5 Å². The Morgan fingerprint density at radius 3 is 2.48 bits per heavy atom. The second kappa shape index (κ2) is 8.55. The van der Waals surface area contributed by atoms with Crippen molar-refractivity contribution in [1.82, 2.24) is 14.9 Å². The molecule has 0 saturated heterocycles. The molecule has 0 aliphatic heterocycles. The van der Waals surface area contributed by atoms with Crippen LogP contribution in [0, 0.1) is 5.92 Å². The van der Waals surface area contributed by atoms with Crippen LogP contribution in [-0.2, 0) is 13.0 Å². The summed E-state index contributed by atoms with van der Waals surface area (Å²) in [5.74, 6) is -0.0389. The first-order chi connectivity index (χ1) is 15.0. The number of hydrogen-bond acceptors (Lipinski definition) is 5. The van der Waals surface area contributed by atoms with Crippen molar-refractivity contribution in [1.29, 1.82) is 0 Å². The van der Waals surface area contributed by atoms with Crippen LogP contribution in [0.2, 0.25) is 0 Å². The summed E-state index contributed by atoms with van der Waals surface area (Å²) in [5, 5.41) is 12.1. The van der Waals surface area contributed by atoms with Gasteiger partial charge < -0.3 is 4.52 Å². The molecule has 0 spiro atoms. The molecule has 0 bridgehead atoms. The maximum atomic E-state index is 13.0. The molecule has 0 atom stereocenters. The van der Waals surface area contributed by atoms with E-state index in [0.717, 1.165) is 12.0 Å². The number of nitrogens with one attached hydrogen (secondary N) is 1. The zero-order valence-electron chi connectivity index (χ0n) is 17.8. The minimum Gasteiger partial charge on any atom is -0.338 e. The van der Waals surface area contributed by atoms with Gasteiger partial charge in [-0.25, -0.2) is 4.68 Å². The number of amides is 1. The van der Waals surface area contributed by atoms with E-state index in [4.69, 9.17) is 4.52 Å². The van der Waals surface area contributed by atoms with Crippen molar-refractivity contribution in [2.24, 2.45) is 5.92 Å². The normalized spacial score (nSPS) is 11.2. The Balaban J connectivity index is 1.65. The summed E-state index contributed by atoms with van der Waals surface area (Å²) in [6.45, 7) is 6.50. The molecule has 0 aliphatic carbocycles. The summed E-state index contributed by atoms with van der Waals surface area (Å²) >= 11 is 0. The summed E-state index contributed by atoms with van der Waals surface area (Å²) in [4.78, 5) is 25.8. The first-order valence-electron chi connectivity index (χ1n) is 10.3. The standard InChI is InChI=1S/C24H24N4O3/c1-4-16-9-11-17(12-10-16)20-13-21(31-27-20)25-23(29)22-18-7-5-6-8-19(18)24(30)28(26-22)14-15(2)3/h5-13,15H,4,14H2,1-3H3,(H,25,29). The fourth-order valence-corrected chi connectivity index (χ4v) is 3.42. The highest BCUT2D eigenvalue weighted by molar-refractivity contribution is 6.10. The van der Waals surface area contributed by atoms with E-state index in [1.807, 2.05) is 38.1 Å². The van der Waals surface area contributed by atoms with Crippen LogP contribution in [-0.4, -0.2) is 20.8 Å². The summed E-state index contributed by atoms with van der Waals surface area (Å²) in [5.41, 5.74) is 2.71. The molecule has 0 saturated carbocycles. The molecule has 0 unspecified atom stereocenters. The average molecular weight is 416 g/mol. The predicted octanol–water partition coefficient (Wildman–Crippen LogP) is 4.52. The smallest absolute Gasteiger partial charge is 0.279 e. The summed E-state index contributed by atoms with van der Waals surface area (Å²) in [6.07, 6.45) is 0.959. The van der Waals surface area contributed by atoms with E-state index < -0.39 is 5.91 Å². The number of benzene rings is 2. The average Bonchev–Trinajstić information content (AvgIpc) is 3.24. The van der Waals surface area contributed by atoms with E-state index in [1.54, 1.807) is 30.3 Å². The highest BCUT2D eigenvalue weighted by Gasteiger charge is 2.19. The highest BCUT2D eigenvalue weighted by Crippen LogP contribution is 2.23. The summed E-state index contributed by atoms with van der Waals surface area (Å²) in [7, 11) is 0. The van der Waals surface area contributed by atoms with Crippen LogP contribution in [0.25, 0.3) is 22.0 Å². The number of anilines is 1. The lowest BCUT2D eigenvalue weighted by molar-refractivity contribution is 0.101. The maximum Gasteiger partial charge on any atom is 0.279 e. The molecule has 1 amide bonds. The first kappa shape index (κ1) is 20.5. The molecular weight excluding hydrogens is 392 g/mol. The van der Waals surface area contributed by atoms with Crippen LogP contribution in [0.4, 0.5) is 5.88 Å². The maximum absolute atomic E-state index is 13.0. The molecule has 7 nitrogen and oxygen atoms in total. The Labute approximate surface area is 179 Å². The third kappa shape index (κ3) is 4.26. The molecule has 7 heteroatoms. The van der Waals surface area contributed by atoms with Gasteiger partial charge in [-0.05, 0) is 24.0 Å². The van der Waals surface area contributed by atoms with Crippen LogP contribution in [0.1, 0.15) is 36.8 Å². The molecule has 2 heterocycles. The van der Waals surface area contributed by atoms with Gasteiger partial charge in [0, 0.05) is 23.6 Å². The van der Waals surface area contributed by atoms with Crippen molar-refractivity contribution in [2.75, 3.05) is 5.32 Å². The van der Waals surface area contributed by atoms with Crippen LogP contribution < -0.4 is 10.9 Å². The molecule has 4 aromatic rings. The molecule has 2 aromatic heterocycles. The van der Waals surface area contributed by atoms with E-state index in [1.165, 1.54) is 10.2 Å². The lowest BCUT2D eigenvalue weighted by Crippen LogP contribution is -2.29. The fraction of sp³-hybridized carbons (Fsp3) is 0.250. The minimum absolute atomic E-state index is 0.168. The van der Waals surface area contributed by atoms with Gasteiger partial charge >= 0.3 is 0 Å².